The van der Waals surface area contributed by atoms with Gasteiger partial charge < -0.3 is 14.4 Å². The minimum Gasteiger partial charge on any atom is -0.486 e. The van der Waals surface area contributed by atoms with E-state index in [1.807, 2.05) is 24.0 Å². The number of amides is 1. The Morgan fingerprint density at radius 2 is 1.84 bits per heavy atom. The Bertz CT molecular complexity index is 803. The highest BCUT2D eigenvalue weighted by atomic mass is 19.1. The molecule has 1 unspecified atom stereocenters. The first-order chi connectivity index (χ1) is 12.1. The van der Waals surface area contributed by atoms with Crippen molar-refractivity contribution >= 4 is 5.91 Å². The predicted molar refractivity (Wildman–Crippen MR) is 91.4 cm³/mol. The van der Waals surface area contributed by atoms with Gasteiger partial charge in [-0.05, 0) is 54.3 Å². The molecule has 2 heterocycles. The number of hydrogen-bond donors (Lipinski definition) is 0. The molecule has 2 aliphatic rings. The van der Waals surface area contributed by atoms with Crippen LogP contribution in [0.3, 0.4) is 0 Å². The van der Waals surface area contributed by atoms with Gasteiger partial charge in [0.25, 0.3) is 0 Å². The van der Waals surface area contributed by atoms with Gasteiger partial charge in [-0.2, -0.15) is 0 Å². The van der Waals surface area contributed by atoms with Gasteiger partial charge in [-0.3, -0.25) is 4.79 Å². The van der Waals surface area contributed by atoms with Crippen molar-refractivity contribution in [3.05, 3.63) is 58.9 Å². The van der Waals surface area contributed by atoms with Crippen molar-refractivity contribution in [2.45, 2.75) is 25.8 Å². The molecule has 0 fully saturated rings. The van der Waals surface area contributed by atoms with Crippen molar-refractivity contribution in [3.8, 4) is 11.5 Å². The van der Waals surface area contributed by atoms with E-state index in [1.165, 1.54) is 17.7 Å². The fraction of sp³-hybridized carbons (Fsp3) is 0.350. The predicted octanol–water partition coefficient (Wildman–Crippen LogP) is 3.29. The largest absolute Gasteiger partial charge is 0.486 e. The lowest BCUT2D eigenvalue weighted by atomic mass is 9.92. The van der Waals surface area contributed by atoms with E-state index in [0.717, 1.165) is 29.0 Å². The Kier molecular flexibility index (Phi) is 4.07. The number of carbonyl (C=O) groups excluding carboxylic acids is 1. The van der Waals surface area contributed by atoms with Gasteiger partial charge in [0.15, 0.2) is 11.5 Å². The van der Waals surface area contributed by atoms with Gasteiger partial charge in [0.1, 0.15) is 19.0 Å². The molecule has 2 aliphatic heterocycles. The Hall–Kier alpha value is -2.56. The van der Waals surface area contributed by atoms with Crippen LogP contribution < -0.4 is 9.47 Å². The van der Waals surface area contributed by atoms with Crippen LogP contribution in [-0.4, -0.2) is 30.6 Å². The van der Waals surface area contributed by atoms with Gasteiger partial charge >= 0.3 is 0 Å². The molecule has 0 aromatic heterocycles. The standard InChI is InChI=1S/C20H20FNO3/c1-13-17-12-19-18(24-8-9-25-19)11-15(17)6-7-22(13)20(23)10-14-2-4-16(21)5-3-14/h2-5,11-13H,6-10H2,1H3. The summed E-state index contributed by atoms with van der Waals surface area (Å²) in [6, 6.07) is 10.1. The summed E-state index contributed by atoms with van der Waals surface area (Å²) in [4.78, 5) is 14.6. The Balaban J connectivity index is 1.55. The molecule has 0 N–H and O–H groups in total. The lowest BCUT2D eigenvalue weighted by Crippen LogP contribution is -2.39. The first-order valence-electron chi connectivity index (χ1n) is 8.58. The Morgan fingerprint density at radius 3 is 2.56 bits per heavy atom. The van der Waals surface area contributed by atoms with Gasteiger partial charge in [-0.1, -0.05) is 12.1 Å². The molecular weight excluding hydrogens is 321 g/mol. The summed E-state index contributed by atoms with van der Waals surface area (Å²) in [5.74, 6) is 1.32. The lowest BCUT2D eigenvalue weighted by Gasteiger charge is -2.36. The average molecular weight is 341 g/mol. The minimum absolute atomic E-state index is 0.0208. The summed E-state index contributed by atoms with van der Waals surface area (Å²) in [6.07, 6.45) is 1.08. The van der Waals surface area contributed by atoms with Crippen molar-refractivity contribution in [3.63, 3.8) is 0 Å². The summed E-state index contributed by atoms with van der Waals surface area (Å²) in [7, 11) is 0. The highest BCUT2D eigenvalue weighted by Crippen LogP contribution is 2.39. The van der Waals surface area contributed by atoms with Crippen LogP contribution in [0.4, 0.5) is 4.39 Å². The molecule has 0 aliphatic carbocycles. The van der Waals surface area contributed by atoms with Crippen LogP contribution in [0.15, 0.2) is 36.4 Å². The monoisotopic (exact) mass is 341 g/mol. The molecule has 0 spiro atoms. The molecule has 4 rings (SSSR count). The fourth-order valence-electron chi connectivity index (χ4n) is 3.57. The molecule has 2 aromatic carbocycles. The maximum absolute atomic E-state index is 13.0. The highest BCUT2D eigenvalue weighted by molar-refractivity contribution is 5.79. The molecule has 25 heavy (non-hydrogen) atoms. The number of hydrogen-bond acceptors (Lipinski definition) is 3. The van der Waals surface area contributed by atoms with Gasteiger partial charge in [-0.25, -0.2) is 4.39 Å². The third-order valence-corrected chi connectivity index (χ3v) is 4.93. The van der Waals surface area contributed by atoms with E-state index in [1.54, 1.807) is 12.1 Å². The number of ether oxygens (including phenoxy) is 2. The maximum Gasteiger partial charge on any atom is 0.227 e. The summed E-state index contributed by atoms with van der Waals surface area (Å²) in [5, 5.41) is 0. The molecule has 0 bridgehead atoms. The molecule has 0 radical (unpaired) electrons. The molecule has 130 valence electrons. The topological polar surface area (TPSA) is 38.8 Å². The second kappa shape index (κ2) is 6.39. The highest BCUT2D eigenvalue weighted by Gasteiger charge is 2.29. The molecule has 1 amide bonds. The Morgan fingerprint density at radius 1 is 1.16 bits per heavy atom. The van der Waals surface area contributed by atoms with E-state index < -0.39 is 0 Å². The number of nitrogens with zero attached hydrogens (tertiary/aromatic N) is 1. The van der Waals surface area contributed by atoms with Crippen LogP contribution in [0.25, 0.3) is 0 Å². The quantitative estimate of drug-likeness (QED) is 0.841. The van der Waals surface area contributed by atoms with Crippen LogP contribution in [-0.2, 0) is 17.6 Å². The second-order valence-electron chi connectivity index (χ2n) is 6.51. The molecule has 4 nitrogen and oxygen atoms in total. The molecule has 0 saturated carbocycles. The second-order valence-corrected chi connectivity index (χ2v) is 6.51. The maximum atomic E-state index is 13.0. The van der Waals surface area contributed by atoms with Crippen LogP contribution in [0.5, 0.6) is 11.5 Å². The molecule has 2 aromatic rings. The zero-order valence-corrected chi connectivity index (χ0v) is 14.1. The number of carbonyl (C=O) groups is 1. The van der Waals surface area contributed by atoms with E-state index in [2.05, 4.69) is 0 Å². The van der Waals surface area contributed by atoms with Crippen molar-refractivity contribution in [1.82, 2.24) is 4.90 Å². The minimum atomic E-state index is -0.288. The van der Waals surface area contributed by atoms with E-state index in [0.29, 0.717) is 19.8 Å². The summed E-state index contributed by atoms with van der Waals surface area (Å²) >= 11 is 0. The normalized spacial score (nSPS) is 18.6. The zero-order valence-electron chi connectivity index (χ0n) is 14.1. The molecular formula is C20H20FNO3. The summed E-state index contributed by atoms with van der Waals surface area (Å²) in [5.41, 5.74) is 3.15. The average Bonchev–Trinajstić information content (AvgIpc) is 2.62. The first-order valence-corrected chi connectivity index (χ1v) is 8.58. The number of benzene rings is 2. The van der Waals surface area contributed by atoms with Crippen molar-refractivity contribution in [2.24, 2.45) is 0 Å². The van der Waals surface area contributed by atoms with Gasteiger partial charge in [0.2, 0.25) is 5.91 Å². The number of rotatable bonds is 2. The third-order valence-electron chi connectivity index (χ3n) is 4.93. The molecule has 1 atom stereocenters. The molecule has 5 heteroatoms. The number of fused-ring (bicyclic) bond motifs is 2. The third kappa shape index (κ3) is 3.06. The van der Waals surface area contributed by atoms with Crippen LogP contribution in [0, 0.1) is 5.82 Å². The van der Waals surface area contributed by atoms with Crippen molar-refractivity contribution < 1.29 is 18.7 Å². The van der Waals surface area contributed by atoms with Crippen molar-refractivity contribution in [2.75, 3.05) is 19.8 Å². The van der Waals surface area contributed by atoms with Gasteiger partial charge in [-0.15, -0.1) is 0 Å². The first kappa shape index (κ1) is 15.9. The number of halogens is 1. The van der Waals surface area contributed by atoms with E-state index in [-0.39, 0.29) is 24.2 Å². The summed E-state index contributed by atoms with van der Waals surface area (Å²) in [6.45, 7) is 3.83. The van der Waals surface area contributed by atoms with E-state index >= 15 is 0 Å². The Labute approximate surface area is 146 Å². The fourth-order valence-corrected chi connectivity index (χ4v) is 3.57. The SMILES string of the molecule is CC1c2cc3c(cc2CCN1C(=O)Cc1ccc(F)cc1)OCCO3. The zero-order chi connectivity index (χ0) is 17.4. The van der Waals surface area contributed by atoms with Crippen LogP contribution >= 0.6 is 0 Å². The van der Waals surface area contributed by atoms with E-state index in [4.69, 9.17) is 9.47 Å². The lowest BCUT2D eigenvalue weighted by molar-refractivity contribution is -0.133. The molecule has 0 saturated heterocycles. The van der Waals surface area contributed by atoms with Crippen molar-refractivity contribution in [1.29, 1.82) is 0 Å². The van der Waals surface area contributed by atoms with Crippen LogP contribution in [0.1, 0.15) is 29.7 Å². The van der Waals surface area contributed by atoms with Crippen LogP contribution in [0.2, 0.25) is 0 Å². The van der Waals surface area contributed by atoms with Gasteiger partial charge in [0.05, 0.1) is 12.5 Å². The van der Waals surface area contributed by atoms with Gasteiger partial charge in [0, 0.05) is 6.54 Å². The van der Waals surface area contributed by atoms with E-state index in [9.17, 15) is 9.18 Å². The summed E-state index contributed by atoms with van der Waals surface area (Å²) < 4.78 is 24.4. The smallest absolute Gasteiger partial charge is 0.227 e.